The van der Waals surface area contributed by atoms with Gasteiger partial charge in [0.1, 0.15) is 0 Å². The zero-order valence-corrected chi connectivity index (χ0v) is 11.2. The van der Waals surface area contributed by atoms with Crippen LogP contribution in [0.1, 0.15) is 50.3 Å². The number of hydrogen-bond donors (Lipinski definition) is 1. The number of rotatable bonds is 4. The van der Waals surface area contributed by atoms with Gasteiger partial charge in [0, 0.05) is 6.04 Å². The van der Waals surface area contributed by atoms with E-state index in [1.54, 1.807) is 0 Å². The summed E-state index contributed by atoms with van der Waals surface area (Å²) in [5, 5.41) is 0. The first-order valence-electron chi connectivity index (χ1n) is 5.50. The molecule has 2 heteroatoms. The molecule has 0 aliphatic carbocycles. The van der Waals surface area contributed by atoms with Crippen LogP contribution in [0.4, 0.5) is 0 Å². The van der Waals surface area contributed by atoms with Crippen LogP contribution in [0.25, 0.3) is 0 Å². The fourth-order valence-electron chi connectivity index (χ4n) is 1.64. The zero-order chi connectivity index (χ0) is 11.4. The molecular formula is C14H22ClN. The number of nitrogens with two attached hydrogens (primary N) is 1. The van der Waals surface area contributed by atoms with Gasteiger partial charge >= 0.3 is 0 Å². The Morgan fingerprint density at radius 3 is 2.38 bits per heavy atom. The van der Waals surface area contributed by atoms with Crippen LogP contribution in [0.3, 0.4) is 0 Å². The quantitative estimate of drug-likeness (QED) is 0.784. The molecule has 1 atom stereocenters. The van der Waals surface area contributed by atoms with Crippen molar-refractivity contribution in [3.05, 3.63) is 47.5 Å². The molecule has 1 nitrogen and oxygen atoms in total. The molecule has 0 aliphatic rings. The van der Waals surface area contributed by atoms with Crippen molar-refractivity contribution in [3.8, 4) is 0 Å². The van der Waals surface area contributed by atoms with Crippen molar-refractivity contribution in [2.45, 2.75) is 39.2 Å². The van der Waals surface area contributed by atoms with Crippen LogP contribution < -0.4 is 5.73 Å². The molecule has 0 aliphatic heterocycles. The molecule has 0 unspecified atom stereocenters. The van der Waals surface area contributed by atoms with Gasteiger partial charge in [-0.05, 0) is 30.4 Å². The van der Waals surface area contributed by atoms with Crippen molar-refractivity contribution < 1.29 is 0 Å². The average Bonchev–Trinajstić information content (AvgIpc) is 2.17. The summed E-state index contributed by atoms with van der Waals surface area (Å²) < 4.78 is 0. The number of halogens is 1. The Bertz CT molecular complexity index is 344. The average molecular weight is 240 g/mol. The molecule has 0 amide bonds. The predicted octanol–water partition coefficient (Wildman–Crippen LogP) is 4.20. The molecule has 90 valence electrons. The van der Waals surface area contributed by atoms with Gasteiger partial charge in [-0.2, -0.15) is 0 Å². The van der Waals surface area contributed by atoms with Crippen molar-refractivity contribution in [1.29, 1.82) is 0 Å². The van der Waals surface area contributed by atoms with E-state index in [9.17, 15) is 0 Å². The first kappa shape index (κ1) is 15.2. The Kier molecular flexibility index (Phi) is 6.39. The van der Waals surface area contributed by atoms with Gasteiger partial charge < -0.3 is 5.73 Å². The molecule has 0 aromatic heterocycles. The summed E-state index contributed by atoms with van der Waals surface area (Å²) in [6.45, 7) is 10.3. The summed E-state index contributed by atoms with van der Waals surface area (Å²) in [5.41, 5.74) is 9.80. The molecule has 0 saturated carbocycles. The Morgan fingerprint density at radius 2 is 1.88 bits per heavy atom. The summed E-state index contributed by atoms with van der Waals surface area (Å²) in [5.74, 6) is 0.557. The Balaban J connectivity index is 0.00000225. The lowest BCUT2D eigenvalue weighted by molar-refractivity contribution is 0.713. The van der Waals surface area contributed by atoms with Gasteiger partial charge in [0.2, 0.25) is 0 Å². The normalized spacial score (nSPS) is 12.1. The second-order valence-corrected chi connectivity index (χ2v) is 4.59. The lowest BCUT2D eigenvalue weighted by atomic mass is 9.95. The van der Waals surface area contributed by atoms with Gasteiger partial charge in [-0.3, -0.25) is 0 Å². The first-order valence-corrected chi connectivity index (χ1v) is 5.50. The third kappa shape index (κ3) is 4.38. The van der Waals surface area contributed by atoms with Gasteiger partial charge in [0.25, 0.3) is 0 Å². The van der Waals surface area contributed by atoms with Crippen LogP contribution in [0.15, 0.2) is 36.4 Å². The maximum atomic E-state index is 6.10. The molecule has 1 aromatic carbocycles. The lowest BCUT2D eigenvalue weighted by Crippen LogP contribution is -2.10. The monoisotopic (exact) mass is 239 g/mol. The van der Waals surface area contributed by atoms with Crippen LogP contribution in [-0.2, 0) is 0 Å². The van der Waals surface area contributed by atoms with Crippen LogP contribution in [0.5, 0.6) is 0 Å². The molecule has 0 fully saturated rings. The van der Waals surface area contributed by atoms with E-state index in [2.05, 4.69) is 44.7 Å². The lowest BCUT2D eigenvalue weighted by Gasteiger charge is -2.14. The Hall–Kier alpha value is -0.790. The smallest absolute Gasteiger partial charge is 0.0332 e. The van der Waals surface area contributed by atoms with E-state index < -0.39 is 0 Å². The van der Waals surface area contributed by atoms with Crippen LogP contribution >= 0.6 is 12.4 Å². The van der Waals surface area contributed by atoms with E-state index in [4.69, 9.17) is 5.73 Å². The van der Waals surface area contributed by atoms with Gasteiger partial charge in [-0.15, -0.1) is 19.0 Å². The second kappa shape index (κ2) is 6.72. The predicted molar refractivity (Wildman–Crippen MR) is 74.1 cm³/mol. The molecular weight excluding hydrogens is 218 g/mol. The second-order valence-electron chi connectivity index (χ2n) is 4.59. The van der Waals surface area contributed by atoms with Crippen LogP contribution in [0, 0.1) is 0 Å². The highest BCUT2D eigenvalue weighted by molar-refractivity contribution is 5.85. The van der Waals surface area contributed by atoms with E-state index >= 15 is 0 Å². The number of benzene rings is 1. The molecule has 0 heterocycles. The van der Waals surface area contributed by atoms with E-state index in [0.717, 1.165) is 12.0 Å². The van der Waals surface area contributed by atoms with Crippen LogP contribution in [-0.4, -0.2) is 0 Å². The van der Waals surface area contributed by atoms with Gasteiger partial charge in [-0.1, -0.05) is 43.7 Å². The largest absolute Gasteiger partial charge is 0.324 e. The Labute approximate surface area is 105 Å². The standard InChI is InChI=1S/C14H21N.ClH/c1-10(2)8-14(15)13-7-5-6-12(9-13)11(3)4;/h5-7,9,11,14H,1,8,15H2,2-4H3;1H/t14-;/m0./s1. The Morgan fingerprint density at radius 1 is 1.31 bits per heavy atom. The molecule has 0 radical (unpaired) electrons. The van der Waals surface area contributed by atoms with Gasteiger partial charge in [0.05, 0.1) is 0 Å². The third-order valence-corrected chi connectivity index (χ3v) is 2.57. The van der Waals surface area contributed by atoms with Crippen molar-refractivity contribution >= 4 is 12.4 Å². The van der Waals surface area contributed by atoms with Gasteiger partial charge in [-0.25, -0.2) is 0 Å². The van der Waals surface area contributed by atoms with E-state index in [0.29, 0.717) is 5.92 Å². The summed E-state index contributed by atoms with van der Waals surface area (Å²) in [6.07, 6.45) is 0.863. The fourth-order valence-corrected chi connectivity index (χ4v) is 1.64. The van der Waals surface area contributed by atoms with E-state index in [1.807, 2.05) is 6.92 Å². The molecule has 1 rings (SSSR count). The van der Waals surface area contributed by atoms with Crippen molar-refractivity contribution in [1.82, 2.24) is 0 Å². The van der Waals surface area contributed by atoms with Crippen molar-refractivity contribution in [2.75, 3.05) is 0 Å². The minimum Gasteiger partial charge on any atom is -0.324 e. The highest BCUT2D eigenvalue weighted by Gasteiger charge is 2.07. The minimum atomic E-state index is 0. The maximum absolute atomic E-state index is 6.10. The molecule has 0 bridgehead atoms. The highest BCUT2D eigenvalue weighted by atomic mass is 35.5. The van der Waals surface area contributed by atoms with E-state index in [-0.39, 0.29) is 18.4 Å². The molecule has 0 saturated heterocycles. The summed E-state index contributed by atoms with van der Waals surface area (Å²) >= 11 is 0. The third-order valence-electron chi connectivity index (χ3n) is 2.57. The van der Waals surface area contributed by atoms with Crippen LogP contribution in [0.2, 0.25) is 0 Å². The molecule has 2 N–H and O–H groups in total. The molecule has 1 aromatic rings. The number of hydrogen-bond acceptors (Lipinski definition) is 1. The molecule has 0 spiro atoms. The van der Waals surface area contributed by atoms with Gasteiger partial charge in [0.15, 0.2) is 0 Å². The summed E-state index contributed by atoms with van der Waals surface area (Å²) in [6, 6.07) is 8.63. The van der Waals surface area contributed by atoms with Crippen molar-refractivity contribution in [3.63, 3.8) is 0 Å². The minimum absolute atomic E-state index is 0. The van der Waals surface area contributed by atoms with Crippen molar-refractivity contribution in [2.24, 2.45) is 5.73 Å². The summed E-state index contributed by atoms with van der Waals surface area (Å²) in [4.78, 5) is 0. The summed E-state index contributed by atoms with van der Waals surface area (Å²) in [7, 11) is 0. The van der Waals surface area contributed by atoms with E-state index in [1.165, 1.54) is 11.1 Å². The maximum Gasteiger partial charge on any atom is 0.0332 e. The zero-order valence-electron chi connectivity index (χ0n) is 10.4. The molecule has 16 heavy (non-hydrogen) atoms. The first-order chi connectivity index (χ1) is 7.00. The topological polar surface area (TPSA) is 26.0 Å². The fraction of sp³-hybridized carbons (Fsp3) is 0.429. The highest BCUT2D eigenvalue weighted by Crippen LogP contribution is 2.22. The SMILES string of the molecule is C=C(C)C[C@H](N)c1cccc(C(C)C)c1.Cl.